The molecule has 4 rings (SSSR count). The number of rotatable bonds is 8. The van der Waals surface area contributed by atoms with Gasteiger partial charge in [-0.05, 0) is 67.9 Å². The largest absolute Gasteiger partial charge is 0.490 e. The van der Waals surface area contributed by atoms with E-state index in [-0.39, 0.29) is 12.3 Å². The highest BCUT2D eigenvalue weighted by molar-refractivity contribution is 6.04. The molecule has 0 aliphatic carbocycles. The normalized spacial score (nSPS) is 10.8. The molecule has 0 atom stereocenters. The molecular weight excluding hydrogens is 418 g/mol. The van der Waals surface area contributed by atoms with Gasteiger partial charge in [0.1, 0.15) is 24.7 Å². The first-order valence-corrected chi connectivity index (χ1v) is 10.7. The summed E-state index contributed by atoms with van der Waals surface area (Å²) in [6.07, 6.45) is -0.0886. The Hall–Kier alpha value is -4.06. The molecule has 0 fully saturated rings. The van der Waals surface area contributed by atoms with E-state index < -0.39 is 5.97 Å². The standard InChI is InChI=1S/C27H25NO5/c1-18-6-10-22(11-7-18)32-14-15-33-23-12-8-20(9-13-23)27(31)28-19(2)16-24-21(17-26(29)30)4-3-5-25(24)28/h3-13,16H,14-15,17H2,1-2H3,(H,29,30). The summed E-state index contributed by atoms with van der Waals surface area (Å²) in [5, 5.41) is 9.94. The lowest BCUT2D eigenvalue weighted by Gasteiger charge is -2.10. The molecule has 0 aliphatic heterocycles. The van der Waals surface area contributed by atoms with Gasteiger partial charge in [0.2, 0.25) is 0 Å². The number of carbonyl (C=O) groups is 2. The van der Waals surface area contributed by atoms with Gasteiger partial charge in [-0.3, -0.25) is 14.2 Å². The van der Waals surface area contributed by atoms with Gasteiger partial charge in [0.15, 0.2) is 0 Å². The van der Waals surface area contributed by atoms with Crippen molar-refractivity contribution in [2.24, 2.45) is 0 Å². The predicted molar refractivity (Wildman–Crippen MR) is 126 cm³/mol. The number of carbonyl (C=O) groups excluding carboxylic acids is 1. The number of aromatic nitrogens is 1. The lowest BCUT2D eigenvalue weighted by molar-refractivity contribution is -0.136. The van der Waals surface area contributed by atoms with Gasteiger partial charge < -0.3 is 14.6 Å². The Bertz CT molecular complexity index is 1290. The average molecular weight is 443 g/mol. The van der Waals surface area contributed by atoms with Crippen LogP contribution >= 0.6 is 0 Å². The van der Waals surface area contributed by atoms with Crippen LogP contribution in [-0.4, -0.2) is 34.8 Å². The molecule has 1 heterocycles. The molecule has 0 bridgehead atoms. The van der Waals surface area contributed by atoms with Crippen molar-refractivity contribution < 1.29 is 24.2 Å². The zero-order valence-corrected chi connectivity index (χ0v) is 18.6. The van der Waals surface area contributed by atoms with E-state index in [9.17, 15) is 9.59 Å². The maximum Gasteiger partial charge on any atom is 0.307 e. The summed E-state index contributed by atoms with van der Waals surface area (Å²) in [5.74, 6) is 0.367. The number of ether oxygens (including phenoxy) is 2. The summed E-state index contributed by atoms with van der Waals surface area (Å²) in [6.45, 7) is 4.66. The highest BCUT2D eigenvalue weighted by Gasteiger charge is 2.17. The summed E-state index contributed by atoms with van der Waals surface area (Å²) >= 11 is 0. The Labute approximate surface area is 192 Å². The Balaban J connectivity index is 1.43. The molecule has 4 aromatic rings. The minimum atomic E-state index is -0.904. The first kappa shape index (κ1) is 22.1. The fourth-order valence-corrected chi connectivity index (χ4v) is 3.79. The molecule has 0 saturated heterocycles. The van der Waals surface area contributed by atoms with Crippen LogP contribution in [0.5, 0.6) is 11.5 Å². The van der Waals surface area contributed by atoms with Crippen LogP contribution < -0.4 is 9.47 Å². The third-order valence-electron chi connectivity index (χ3n) is 5.41. The zero-order valence-electron chi connectivity index (χ0n) is 18.6. The molecule has 0 radical (unpaired) electrons. The van der Waals surface area contributed by atoms with E-state index in [2.05, 4.69) is 0 Å². The Morgan fingerprint density at radius 1 is 0.848 bits per heavy atom. The van der Waals surface area contributed by atoms with E-state index >= 15 is 0 Å². The van der Waals surface area contributed by atoms with Crippen molar-refractivity contribution in [1.82, 2.24) is 4.57 Å². The summed E-state index contributed by atoms with van der Waals surface area (Å²) in [4.78, 5) is 24.4. The third kappa shape index (κ3) is 5.06. The molecule has 0 aliphatic rings. The Morgan fingerprint density at radius 3 is 2.06 bits per heavy atom. The van der Waals surface area contributed by atoms with Crippen LogP contribution in [-0.2, 0) is 11.2 Å². The van der Waals surface area contributed by atoms with E-state index in [1.54, 1.807) is 41.0 Å². The molecule has 6 nitrogen and oxygen atoms in total. The molecule has 0 unspecified atom stereocenters. The van der Waals surface area contributed by atoms with Crippen LogP contribution in [0.2, 0.25) is 0 Å². The van der Waals surface area contributed by atoms with Gasteiger partial charge in [-0.15, -0.1) is 0 Å². The molecule has 33 heavy (non-hydrogen) atoms. The maximum atomic E-state index is 13.2. The summed E-state index contributed by atoms with van der Waals surface area (Å²) in [6, 6.07) is 22.1. The first-order chi connectivity index (χ1) is 15.9. The van der Waals surface area contributed by atoms with Gasteiger partial charge in [-0.2, -0.15) is 0 Å². The summed E-state index contributed by atoms with van der Waals surface area (Å²) < 4.78 is 13.0. The molecule has 6 heteroatoms. The van der Waals surface area contributed by atoms with Crippen LogP contribution in [0.4, 0.5) is 0 Å². The molecule has 168 valence electrons. The second-order valence-corrected chi connectivity index (χ2v) is 7.88. The minimum absolute atomic E-state index is 0.0886. The van der Waals surface area contributed by atoms with Crippen molar-refractivity contribution in [2.75, 3.05) is 13.2 Å². The Kier molecular flexibility index (Phi) is 6.45. The van der Waals surface area contributed by atoms with E-state index in [0.717, 1.165) is 16.8 Å². The number of hydrogen-bond donors (Lipinski definition) is 1. The van der Waals surface area contributed by atoms with Crippen molar-refractivity contribution >= 4 is 22.8 Å². The second-order valence-electron chi connectivity index (χ2n) is 7.88. The highest BCUT2D eigenvalue weighted by Crippen LogP contribution is 2.25. The minimum Gasteiger partial charge on any atom is -0.490 e. The van der Waals surface area contributed by atoms with Crippen molar-refractivity contribution in [1.29, 1.82) is 0 Å². The van der Waals surface area contributed by atoms with Crippen molar-refractivity contribution in [3.63, 3.8) is 0 Å². The van der Waals surface area contributed by atoms with Gasteiger partial charge >= 0.3 is 5.97 Å². The SMILES string of the molecule is Cc1ccc(OCCOc2ccc(C(=O)n3c(C)cc4c(CC(=O)O)cccc43)cc2)cc1. The molecule has 1 aromatic heterocycles. The average Bonchev–Trinajstić information content (AvgIpc) is 3.14. The molecule has 0 saturated carbocycles. The predicted octanol–water partition coefficient (Wildman–Crippen LogP) is 5.03. The van der Waals surface area contributed by atoms with Crippen LogP contribution in [0, 0.1) is 13.8 Å². The number of aliphatic carboxylic acids is 1. The van der Waals surface area contributed by atoms with Crippen molar-refractivity contribution in [3.8, 4) is 11.5 Å². The molecule has 0 amide bonds. The number of carboxylic acid groups (broad SMARTS) is 1. The Morgan fingerprint density at radius 2 is 1.45 bits per heavy atom. The van der Waals surface area contributed by atoms with Crippen LogP contribution in [0.1, 0.15) is 27.2 Å². The highest BCUT2D eigenvalue weighted by atomic mass is 16.5. The number of nitrogens with zero attached hydrogens (tertiary/aromatic N) is 1. The summed E-state index contributed by atoms with van der Waals surface area (Å²) in [7, 11) is 0. The number of hydrogen-bond acceptors (Lipinski definition) is 4. The third-order valence-corrected chi connectivity index (χ3v) is 5.41. The maximum absolute atomic E-state index is 13.2. The number of fused-ring (bicyclic) bond motifs is 1. The van der Waals surface area contributed by atoms with Crippen LogP contribution in [0.25, 0.3) is 10.9 Å². The van der Waals surface area contributed by atoms with Gasteiger partial charge in [0.25, 0.3) is 5.91 Å². The van der Waals surface area contributed by atoms with E-state index in [1.807, 2.05) is 50.2 Å². The number of benzene rings is 3. The molecule has 1 N–H and O–H groups in total. The van der Waals surface area contributed by atoms with E-state index in [1.165, 1.54) is 5.56 Å². The van der Waals surface area contributed by atoms with Gasteiger partial charge in [0.05, 0.1) is 11.9 Å². The quantitative estimate of drug-likeness (QED) is 0.387. The monoisotopic (exact) mass is 443 g/mol. The topological polar surface area (TPSA) is 77.8 Å². The zero-order chi connectivity index (χ0) is 23.4. The van der Waals surface area contributed by atoms with Gasteiger partial charge in [-0.25, -0.2) is 0 Å². The van der Waals surface area contributed by atoms with Gasteiger partial charge in [0, 0.05) is 16.6 Å². The fourth-order valence-electron chi connectivity index (χ4n) is 3.79. The van der Waals surface area contributed by atoms with E-state index in [4.69, 9.17) is 14.6 Å². The molecule has 3 aromatic carbocycles. The van der Waals surface area contributed by atoms with Crippen molar-refractivity contribution in [2.45, 2.75) is 20.3 Å². The molecule has 0 spiro atoms. The lowest BCUT2D eigenvalue weighted by Crippen LogP contribution is -2.13. The number of carboxylic acids is 1. The van der Waals surface area contributed by atoms with Crippen LogP contribution in [0.15, 0.2) is 72.8 Å². The molecular formula is C27H25NO5. The van der Waals surface area contributed by atoms with Crippen molar-refractivity contribution in [3.05, 3.63) is 95.2 Å². The first-order valence-electron chi connectivity index (χ1n) is 10.7. The fraction of sp³-hybridized carbons (Fsp3) is 0.185. The lowest BCUT2D eigenvalue weighted by atomic mass is 10.1. The smallest absolute Gasteiger partial charge is 0.307 e. The second kappa shape index (κ2) is 9.61. The number of aryl methyl sites for hydroxylation is 2. The summed E-state index contributed by atoms with van der Waals surface area (Å²) in [5.41, 5.74) is 3.83. The van der Waals surface area contributed by atoms with Crippen LogP contribution in [0.3, 0.4) is 0 Å². The van der Waals surface area contributed by atoms with Gasteiger partial charge in [-0.1, -0.05) is 29.8 Å². The van der Waals surface area contributed by atoms with E-state index in [0.29, 0.717) is 35.6 Å².